The molecule has 0 N–H and O–H groups in total. The van der Waals surface area contributed by atoms with Crippen molar-refractivity contribution in [2.24, 2.45) is 0 Å². The SMILES string of the molecule is CCc1nc2ccccc2c(C(=O)OCC(=O)c2ccc3c(c2)Cc2ccccc2-3)c1C. The summed E-state index contributed by atoms with van der Waals surface area (Å²) < 4.78 is 5.50. The minimum absolute atomic E-state index is 0.205. The minimum Gasteiger partial charge on any atom is -0.454 e. The molecule has 1 aromatic heterocycles. The molecule has 1 heterocycles. The van der Waals surface area contributed by atoms with Crippen molar-refractivity contribution in [1.82, 2.24) is 4.98 Å². The first kappa shape index (κ1) is 20.1. The number of benzene rings is 3. The Kier molecular flexibility index (Phi) is 5.06. The lowest BCUT2D eigenvalue weighted by atomic mass is 10.00. The van der Waals surface area contributed by atoms with E-state index in [1.165, 1.54) is 16.7 Å². The van der Waals surface area contributed by atoms with Crippen LogP contribution in [0.4, 0.5) is 0 Å². The number of carbonyl (C=O) groups excluding carboxylic acids is 2. The molecule has 4 aromatic rings. The molecule has 0 fully saturated rings. The summed E-state index contributed by atoms with van der Waals surface area (Å²) >= 11 is 0. The topological polar surface area (TPSA) is 56.3 Å². The highest BCUT2D eigenvalue weighted by Crippen LogP contribution is 2.36. The summed E-state index contributed by atoms with van der Waals surface area (Å²) in [5.41, 5.74) is 8.27. The monoisotopic (exact) mass is 421 g/mol. The van der Waals surface area contributed by atoms with Gasteiger partial charge in [0.05, 0.1) is 11.1 Å². The number of esters is 1. The molecular formula is C28H23NO3. The molecule has 1 aliphatic carbocycles. The molecule has 0 atom stereocenters. The van der Waals surface area contributed by atoms with Gasteiger partial charge in [-0.3, -0.25) is 9.78 Å². The van der Waals surface area contributed by atoms with Crippen molar-refractivity contribution < 1.29 is 14.3 Å². The van der Waals surface area contributed by atoms with Gasteiger partial charge in [0, 0.05) is 16.6 Å². The fourth-order valence-corrected chi connectivity index (χ4v) is 4.57. The van der Waals surface area contributed by atoms with Crippen LogP contribution in [0.1, 0.15) is 50.0 Å². The Morgan fingerprint density at radius 1 is 0.938 bits per heavy atom. The number of aryl methyl sites for hydroxylation is 1. The molecule has 0 spiro atoms. The number of hydrogen-bond acceptors (Lipinski definition) is 4. The van der Waals surface area contributed by atoms with Gasteiger partial charge in [-0.1, -0.05) is 61.5 Å². The van der Waals surface area contributed by atoms with Crippen LogP contribution in [-0.2, 0) is 17.6 Å². The largest absolute Gasteiger partial charge is 0.454 e. The van der Waals surface area contributed by atoms with Crippen LogP contribution in [-0.4, -0.2) is 23.3 Å². The molecule has 0 saturated heterocycles. The number of fused-ring (bicyclic) bond motifs is 4. The second-order valence-electron chi connectivity index (χ2n) is 8.13. The highest BCUT2D eigenvalue weighted by Gasteiger charge is 2.22. The molecular weight excluding hydrogens is 398 g/mol. The molecule has 4 heteroatoms. The van der Waals surface area contributed by atoms with Crippen molar-refractivity contribution in [1.29, 1.82) is 0 Å². The molecule has 0 radical (unpaired) electrons. The van der Waals surface area contributed by atoms with Crippen molar-refractivity contribution in [3.63, 3.8) is 0 Å². The predicted octanol–water partition coefficient (Wildman–Crippen LogP) is 5.72. The van der Waals surface area contributed by atoms with E-state index in [0.29, 0.717) is 17.5 Å². The lowest BCUT2D eigenvalue weighted by Crippen LogP contribution is -2.16. The fraction of sp³-hybridized carbons (Fsp3) is 0.179. The number of ketones is 1. The minimum atomic E-state index is -0.488. The molecule has 3 aromatic carbocycles. The zero-order valence-corrected chi connectivity index (χ0v) is 18.1. The van der Waals surface area contributed by atoms with Crippen LogP contribution in [0.5, 0.6) is 0 Å². The van der Waals surface area contributed by atoms with Crippen LogP contribution in [0.15, 0.2) is 66.7 Å². The predicted molar refractivity (Wildman–Crippen MR) is 125 cm³/mol. The molecule has 1 aliphatic rings. The highest BCUT2D eigenvalue weighted by molar-refractivity contribution is 6.06. The van der Waals surface area contributed by atoms with Gasteiger partial charge >= 0.3 is 5.97 Å². The summed E-state index contributed by atoms with van der Waals surface area (Å²) in [4.78, 5) is 30.5. The van der Waals surface area contributed by atoms with Crippen LogP contribution >= 0.6 is 0 Å². The summed E-state index contributed by atoms with van der Waals surface area (Å²) in [5, 5.41) is 0.745. The fourth-order valence-electron chi connectivity index (χ4n) is 4.57. The number of Topliss-reactive ketones (excluding diaryl/α,β-unsaturated/α-hetero) is 1. The molecule has 5 rings (SSSR count). The van der Waals surface area contributed by atoms with Gasteiger partial charge in [0.2, 0.25) is 0 Å². The van der Waals surface area contributed by atoms with E-state index in [2.05, 4.69) is 17.1 Å². The van der Waals surface area contributed by atoms with E-state index >= 15 is 0 Å². The molecule has 0 amide bonds. The summed E-state index contributed by atoms with van der Waals surface area (Å²) in [5.74, 6) is -0.693. The lowest BCUT2D eigenvalue weighted by molar-refractivity contribution is 0.0476. The number of pyridine rings is 1. The van der Waals surface area contributed by atoms with Crippen LogP contribution in [0, 0.1) is 6.92 Å². The van der Waals surface area contributed by atoms with Crippen molar-refractivity contribution in [2.75, 3.05) is 6.61 Å². The molecule has 0 saturated carbocycles. The molecule has 0 bridgehead atoms. The lowest BCUT2D eigenvalue weighted by Gasteiger charge is -2.13. The molecule has 4 nitrogen and oxygen atoms in total. The highest BCUT2D eigenvalue weighted by atomic mass is 16.5. The van der Waals surface area contributed by atoms with Crippen molar-refractivity contribution in [2.45, 2.75) is 26.7 Å². The Bertz CT molecular complexity index is 1390. The van der Waals surface area contributed by atoms with Crippen molar-refractivity contribution >= 4 is 22.7 Å². The number of aromatic nitrogens is 1. The number of nitrogens with zero attached hydrogens (tertiary/aromatic N) is 1. The third kappa shape index (κ3) is 3.38. The first-order chi connectivity index (χ1) is 15.6. The van der Waals surface area contributed by atoms with Gasteiger partial charge in [0.1, 0.15) is 0 Å². The van der Waals surface area contributed by atoms with Gasteiger partial charge in [-0.25, -0.2) is 4.79 Å². The number of carbonyl (C=O) groups is 2. The zero-order valence-electron chi connectivity index (χ0n) is 18.1. The maximum atomic E-state index is 13.0. The van der Waals surface area contributed by atoms with E-state index in [1.807, 2.05) is 68.4 Å². The summed E-state index contributed by atoms with van der Waals surface area (Å²) in [6, 6.07) is 21.5. The van der Waals surface area contributed by atoms with Gasteiger partial charge in [-0.05, 0) is 59.7 Å². The van der Waals surface area contributed by atoms with E-state index in [-0.39, 0.29) is 12.4 Å². The van der Waals surface area contributed by atoms with Crippen LogP contribution in [0.2, 0.25) is 0 Å². The first-order valence-electron chi connectivity index (χ1n) is 10.9. The average Bonchev–Trinajstić information content (AvgIpc) is 3.19. The standard InChI is InChI=1S/C28H23NO3/c1-3-24-17(2)27(23-10-6-7-11-25(23)29-24)28(31)32-16-26(30)19-12-13-22-20(15-19)14-18-8-4-5-9-21(18)22/h4-13,15H,3,14,16H2,1-2H3. The van der Waals surface area contributed by atoms with Gasteiger partial charge < -0.3 is 4.74 Å². The Balaban J connectivity index is 1.37. The van der Waals surface area contributed by atoms with Gasteiger partial charge in [-0.15, -0.1) is 0 Å². The first-order valence-corrected chi connectivity index (χ1v) is 10.9. The Hall–Kier alpha value is -3.79. The summed E-state index contributed by atoms with van der Waals surface area (Å²) in [6.45, 7) is 3.60. The normalized spacial score (nSPS) is 11.8. The third-order valence-electron chi connectivity index (χ3n) is 6.23. The van der Waals surface area contributed by atoms with Crippen molar-refractivity contribution in [3.8, 4) is 11.1 Å². The maximum absolute atomic E-state index is 13.0. The maximum Gasteiger partial charge on any atom is 0.339 e. The quantitative estimate of drug-likeness (QED) is 0.269. The number of para-hydroxylation sites is 1. The smallest absolute Gasteiger partial charge is 0.339 e. The number of ether oxygens (including phenoxy) is 1. The average molecular weight is 421 g/mol. The second kappa shape index (κ2) is 8.04. The van der Waals surface area contributed by atoms with E-state index in [1.54, 1.807) is 0 Å². The molecule has 0 unspecified atom stereocenters. The number of hydrogen-bond donors (Lipinski definition) is 0. The van der Waals surface area contributed by atoms with E-state index in [0.717, 1.165) is 34.1 Å². The van der Waals surface area contributed by atoms with Gasteiger partial charge in [0.25, 0.3) is 0 Å². The third-order valence-corrected chi connectivity index (χ3v) is 6.23. The molecule has 158 valence electrons. The Labute approximate surface area is 186 Å². The van der Waals surface area contributed by atoms with E-state index < -0.39 is 5.97 Å². The number of rotatable bonds is 5. The van der Waals surface area contributed by atoms with Crippen molar-refractivity contribution in [3.05, 3.63) is 100 Å². The Morgan fingerprint density at radius 2 is 1.69 bits per heavy atom. The van der Waals surface area contributed by atoms with Gasteiger partial charge in [0.15, 0.2) is 12.4 Å². The molecule has 0 aliphatic heterocycles. The van der Waals surface area contributed by atoms with E-state index in [9.17, 15) is 9.59 Å². The van der Waals surface area contributed by atoms with Crippen LogP contribution in [0.25, 0.3) is 22.0 Å². The second-order valence-corrected chi connectivity index (χ2v) is 8.13. The molecule has 32 heavy (non-hydrogen) atoms. The van der Waals surface area contributed by atoms with Crippen LogP contribution < -0.4 is 0 Å². The summed E-state index contributed by atoms with van der Waals surface area (Å²) in [6.07, 6.45) is 1.53. The zero-order chi connectivity index (χ0) is 22.2. The van der Waals surface area contributed by atoms with E-state index in [4.69, 9.17) is 4.74 Å². The van der Waals surface area contributed by atoms with Gasteiger partial charge in [-0.2, -0.15) is 0 Å². The summed E-state index contributed by atoms with van der Waals surface area (Å²) in [7, 11) is 0. The van der Waals surface area contributed by atoms with Crippen LogP contribution in [0.3, 0.4) is 0 Å². The Morgan fingerprint density at radius 3 is 2.53 bits per heavy atom.